The lowest BCUT2D eigenvalue weighted by Crippen LogP contribution is -1.84. The minimum absolute atomic E-state index is 0.623. The van der Waals surface area contributed by atoms with E-state index < -0.39 is 0 Å². The van der Waals surface area contributed by atoms with E-state index in [-0.39, 0.29) is 0 Å². The Morgan fingerprint density at radius 1 is 1.19 bits per heavy atom. The largest absolute Gasteiger partial charge is 0.256 e. The van der Waals surface area contributed by atoms with Gasteiger partial charge < -0.3 is 0 Å². The van der Waals surface area contributed by atoms with Crippen molar-refractivity contribution in [3.8, 4) is 17.3 Å². The standard InChI is InChI=1S/C14H10N2/c1-2-11-3-5-13(6-4-11)14-9-12(10-15)7-8-16-14/h2-9H,1H2. The summed E-state index contributed by atoms with van der Waals surface area (Å²) in [6, 6.07) is 13.5. The van der Waals surface area contributed by atoms with Gasteiger partial charge in [0, 0.05) is 11.8 Å². The fourth-order valence-corrected chi connectivity index (χ4v) is 1.45. The summed E-state index contributed by atoms with van der Waals surface area (Å²) >= 11 is 0. The van der Waals surface area contributed by atoms with Crippen molar-refractivity contribution in [3.05, 3.63) is 60.3 Å². The van der Waals surface area contributed by atoms with E-state index in [9.17, 15) is 0 Å². The van der Waals surface area contributed by atoms with Crippen molar-refractivity contribution < 1.29 is 0 Å². The summed E-state index contributed by atoms with van der Waals surface area (Å²) in [5.74, 6) is 0. The van der Waals surface area contributed by atoms with Crippen LogP contribution in [0.2, 0.25) is 0 Å². The topological polar surface area (TPSA) is 36.7 Å². The number of hydrogen-bond donors (Lipinski definition) is 0. The van der Waals surface area contributed by atoms with E-state index >= 15 is 0 Å². The molecule has 0 bridgehead atoms. The maximum atomic E-state index is 8.80. The Kier molecular flexibility index (Phi) is 2.79. The third-order valence-electron chi connectivity index (χ3n) is 2.33. The second-order valence-electron chi connectivity index (χ2n) is 3.37. The maximum absolute atomic E-state index is 8.80. The zero-order valence-corrected chi connectivity index (χ0v) is 8.72. The molecule has 0 aliphatic carbocycles. The Hall–Kier alpha value is -2.40. The molecule has 2 rings (SSSR count). The SMILES string of the molecule is C=Cc1ccc(-c2cc(C#N)ccn2)cc1. The molecule has 2 nitrogen and oxygen atoms in total. The van der Waals surface area contributed by atoms with Crippen LogP contribution in [0, 0.1) is 11.3 Å². The summed E-state index contributed by atoms with van der Waals surface area (Å²) in [6.07, 6.45) is 3.44. The molecule has 0 fully saturated rings. The Morgan fingerprint density at radius 2 is 1.94 bits per heavy atom. The Balaban J connectivity index is 2.42. The van der Waals surface area contributed by atoms with Crippen LogP contribution in [0.4, 0.5) is 0 Å². The fourth-order valence-electron chi connectivity index (χ4n) is 1.45. The van der Waals surface area contributed by atoms with Crippen molar-refractivity contribution in [1.29, 1.82) is 5.26 Å². The third kappa shape index (κ3) is 1.99. The summed E-state index contributed by atoms with van der Waals surface area (Å²) in [6.45, 7) is 3.70. The lowest BCUT2D eigenvalue weighted by molar-refractivity contribution is 1.31. The maximum Gasteiger partial charge on any atom is 0.0992 e. The summed E-state index contributed by atoms with van der Waals surface area (Å²) in [5, 5.41) is 8.80. The molecule has 0 saturated carbocycles. The average molecular weight is 206 g/mol. The molecule has 0 atom stereocenters. The summed E-state index contributed by atoms with van der Waals surface area (Å²) in [7, 11) is 0. The van der Waals surface area contributed by atoms with Crippen LogP contribution in [0.1, 0.15) is 11.1 Å². The van der Waals surface area contributed by atoms with Crippen molar-refractivity contribution in [2.75, 3.05) is 0 Å². The highest BCUT2D eigenvalue weighted by atomic mass is 14.7. The molecular weight excluding hydrogens is 196 g/mol. The highest BCUT2D eigenvalue weighted by molar-refractivity contribution is 5.63. The first-order chi connectivity index (χ1) is 7.83. The molecule has 1 heterocycles. The zero-order chi connectivity index (χ0) is 11.4. The van der Waals surface area contributed by atoms with Gasteiger partial charge in [0.15, 0.2) is 0 Å². The Morgan fingerprint density at radius 3 is 2.56 bits per heavy atom. The van der Waals surface area contributed by atoms with E-state index in [1.807, 2.05) is 24.3 Å². The first-order valence-electron chi connectivity index (χ1n) is 4.92. The van der Waals surface area contributed by atoms with Crippen LogP contribution in [0.25, 0.3) is 17.3 Å². The number of nitriles is 1. The molecule has 0 saturated heterocycles. The molecule has 0 radical (unpaired) electrons. The van der Waals surface area contributed by atoms with Gasteiger partial charge in [-0.05, 0) is 17.7 Å². The first-order valence-corrected chi connectivity index (χ1v) is 4.92. The van der Waals surface area contributed by atoms with Gasteiger partial charge in [-0.25, -0.2) is 0 Å². The molecule has 0 N–H and O–H groups in total. The van der Waals surface area contributed by atoms with Crippen LogP contribution in [0.15, 0.2) is 49.2 Å². The van der Waals surface area contributed by atoms with E-state index in [1.54, 1.807) is 24.4 Å². The lowest BCUT2D eigenvalue weighted by Gasteiger charge is -2.01. The molecule has 0 amide bonds. The Labute approximate surface area is 94.5 Å². The third-order valence-corrected chi connectivity index (χ3v) is 2.33. The van der Waals surface area contributed by atoms with Crippen molar-refractivity contribution in [3.63, 3.8) is 0 Å². The van der Waals surface area contributed by atoms with E-state index in [2.05, 4.69) is 17.6 Å². The number of rotatable bonds is 2. The number of benzene rings is 1. The number of aromatic nitrogens is 1. The smallest absolute Gasteiger partial charge is 0.0992 e. The molecule has 0 unspecified atom stereocenters. The second kappa shape index (κ2) is 4.41. The van der Waals surface area contributed by atoms with Gasteiger partial charge in [0.1, 0.15) is 0 Å². The van der Waals surface area contributed by atoms with E-state index in [0.717, 1.165) is 16.8 Å². The summed E-state index contributed by atoms with van der Waals surface area (Å²) < 4.78 is 0. The minimum Gasteiger partial charge on any atom is -0.256 e. The summed E-state index contributed by atoms with van der Waals surface area (Å²) in [5.41, 5.74) is 3.51. The average Bonchev–Trinajstić information content (AvgIpc) is 2.39. The van der Waals surface area contributed by atoms with Crippen LogP contribution in [0.3, 0.4) is 0 Å². The van der Waals surface area contributed by atoms with Crippen molar-refractivity contribution >= 4 is 6.08 Å². The van der Waals surface area contributed by atoms with Crippen molar-refractivity contribution in [2.45, 2.75) is 0 Å². The van der Waals surface area contributed by atoms with Crippen LogP contribution >= 0.6 is 0 Å². The first kappa shape index (κ1) is 10.1. The van der Waals surface area contributed by atoms with Crippen LogP contribution in [-0.2, 0) is 0 Å². The fraction of sp³-hybridized carbons (Fsp3) is 0. The highest BCUT2D eigenvalue weighted by Crippen LogP contribution is 2.18. The van der Waals surface area contributed by atoms with Gasteiger partial charge in [-0.15, -0.1) is 0 Å². The molecule has 0 aliphatic rings. The Bertz CT molecular complexity index is 548. The normalized spacial score (nSPS) is 9.44. The predicted octanol–water partition coefficient (Wildman–Crippen LogP) is 3.26. The van der Waals surface area contributed by atoms with E-state index in [4.69, 9.17) is 5.26 Å². The van der Waals surface area contributed by atoms with Gasteiger partial charge in [-0.1, -0.05) is 36.9 Å². The predicted molar refractivity (Wildman–Crippen MR) is 64.5 cm³/mol. The van der Waals surface area contributed by atoms with Gasteiger partial charge in [0.2, 0.25) is 0 Å². The van der Waals surface area contributed by atoms with E-state index in [0.29, 0.717) is 5.56 Å². The van der Waals surface area contributed by atoms with Gasteiger partial charge in [-0.2, -0.15) is 5.26 Å². The zero-order valence-electron chi connectivity index (χ0n) is 8.72. The summed E-state index contributed by atoms with van der Waals surface area (Å²) in [4.78, 5) is 4.24. The number of hydrogen-bond acceptors (Lipinski definition) is 2. The molecule has 1 aromatic heterocycles. The monoisotopic (exact) mass is 206 g/mol. The van der Waals surface area contributed by atoms with Gasteiger partial charge >= 0.3 is 0 Å². The van der Waals surface area contributed by atoms with Crippen LogP contribution < -0.4 is 0 Å². The van der Waals surface area contributed by atoms with E-state index in [1.165, 1.54) is 0 Å². The number of pyridine rings is 1. The molecular formula is C14H10N2. The van der Waals surface area contributed by atoms with Crippen LogP contribution in [-0.4, -0.2) is 4.98 Å². The van der Waals surface area contributed by atoms with Crippen molar-refractivity contribution in [2.24, 2.45) is 0 Å². The molecule has 2 aromatic rings. The molecule has 0 aliphatic heterocycles. The van der Waals surface area contributed by atoms with Gasteiger partial charge in [0.05, 0.1) is 17.3 Å². The molecule has 0 spiro atoms. The lowest BCUT2D eigenvalue weighted by atomic mass is 10.1. The minimum atomic E-state index is 0.623. The molecule has 1 aromatic carbocycles. The second-order valence-corrected chi connectivity index (χ2v) is 3.37. The van der Waals surface area contributed by atoms with Crippen molar-refractivity contribution in [1.82, 2.24) is 4.98 Å². The van der Waals surface area contributed by atoms with Crippen LogP contribution in [0.5, 0.6) is 0 Å². The quantitative estimate of drug-likeness (QED) is 0.756. The van der Waals surface area contributed by atoms with Gasteiger partial charge in [0.25, 0.3) is 0 Å². The van der Waals surface area contributed by atoms with Gasteiger partial charge in [-0.3, -0.25) is 4.98 Å². The molecule has 16 heavy (non-hydrogen) atoms. The number of nitrogens with zero attached hydrogens (tertiary/aromatic N) is 2. The molecule has 76 valence electrons. The highest BCUT2D eigenvalue weighted by Gasteiger charge is 1.99. The molecule has 2 heteroatoms.